The average molecular weight is 913 g/mol. The Labute approximate surface area is 395 Å². The minimum absolute atomic E-state index is 0.0931. The van der Waals surface area contributed by atoms with Gasteiger partial charge in [-0.2, -0.15) is 0 Å². The van der Waals surface area contributed by atoms with Crippen LogP contribution in [0.5, 0.6) is 40.2 Å². The van der Waals surface area contributed by atoms with Crippen LogP contribution in [0.15, 0.2) is 146 Å². The maximum atomic E-state index is 13.0. The summed E-state index contributed by atoms with van der Waals surface area (Å²) < 4.78 is 39.6. The molecule has 13 nitrogen and oxygen atoms in total. The number of nitrogen functional groups attached to an aromatic ring is 1. The van der Waals surface area contributed by atoms with Crippen molar-refractivity contribution in [2.45, 2.75) is 0 Å². The maximum Gasteiger partial charge on any atom is 0.203 e. The van der Waals surface area contributed by atoms with Gasteiger partial charge >= 0.3 is 0 Å². The number of carbonyl (C=O) groups is 2. The first-order valence-electron chi connectivity index (χ1n) is 21.5. The topological polar surface area (TPSA) is 165 Å². The molecule has 0 aliphatic heterocycles. The highest BCUT2D eigenvalue weighted by molar-refractivity contribution is 6.13. The Hall–Kier alpha value is -8.84. The molecule has 7 rings (SSSR count). The van der Waals surface area contributed by atoms with Crippen LogP contribution in [-0.4, -0.2) is 65.3 Å². The molecule has 0 bridgehead atoms. The van der Waals surface area contributed by atoms with E-state index in [9.17, 15) is 9.59 Å². The maximum absolute atomic E-state index is 13.0. The number of allylic oxidation sites excluding steroid dienone is 2. The molecule has 346 valence electrons. The summed E-state index contributed by atoms with van der Waals surface area (Å²) in [6, 6.07) is 35.6. The van der Waals surface area contributed by atoms with Crippen LogP contribution in [0.2, 0.25) is 0 Å². The van der Waals surface area contributed by atoms with Gasteiger partial charge in [0.05, 0.1) is 41.2 Å². The molecule has 5 N–H and O–H groups in total. The van der Waals surface area contributed by atoms with Gasteiger partial charge in [0, 0.05) is 64.2 Å². The number of ketones is 2. The Morgan fingerprint density at radius 1 is 0.529 bits per heavy atom. The van der Waals surface area contributed by atoms with Gasteiger partial charge in [0.15, 0.2) is 34.6 Å². The summed E-state index contributed by atoms with van der Waals surface area (Å²) in [5.41, 5.74) is 13.9. The van der Waals surface area contributed by atoms with Crippen molar-refractivity contribution in [3.8, 4) is 40.2 Å². The van der Waals surface area contributed by atoms with Gasteiger partial charge in [-0.05, 0) is 95.1 Å². The molecule has 0 aliphatic carbocycles. The number of hydrogen-bond acceptors (Lipinski definition) is 12. The number of benzene rings is 6. The van der Waals surface area contributed by atoms with Crippen LogP contribution in [0.1, 0.15) is 43.0 Å². The third-order valence-corrected chi connectivity index (χ3v) is 10.6. The number of fused-ring (bicyclic) bond motifs is 1. The molecule has 0 amide bonds. The average Bonchev–Trinajstić information content (AvgIpc) is 3.81. The molecule has 0 spiro atoms. The number of nitrogens with two attached hydrogens (primary N) is 1. The molecule has 0 saturated carbocycles. The molecular formula is C55H52N4O9. The fraction of sp³-hybridized carbons (Fsp3) is 0.127. The first kappa shape index (κ1) is 47.1. The van der Waals surface area contributed by atoms with Gasteiger partial charge in [-0.25, -0.2) is 0 Å². The fourth-order valence-corrected chi connectivity index (χ4v) is 7.14. The third kappa shape index (κ3) is 11.9. The number of hydrogen-bond donors (Lipinski definition) is 4. The zero-order chi connectivity index (χ0) is 47.8. The Bertz CT molecular complexity index is 2960. The van der Waals surface area contributed by atoms with E-state index >= 15 is 0 Å². The molecule has 1 aromatic heterocycles. The number of para-hydroxylation sites is 1. The van der Waals surface area contributed by atoms with E-state index in [0.29, 0.717) is 57.1 Å². The lowest BCUT2D eigenvalue weighted by Gasteiger charge is -2.16. The number of nitrogens with one attached hydrogen (secondary N) is 3. The van der Waals surface area contributed by atoms with Gasteiger partial charge < -0.3 is 54.5 Å². The van der Waals surface area contributed by atoms with Gasteiger partial charge in [0.1, 0.15) is 19.0 Å². The number of methoxy groups -OCH3 is 5. The number of rotatable bonds is 22. The predicted octanol–water partition coefficient (Wildman–Crippen LogP) is 11.2. The van der Waals surface area contributed by atoms with Crippen molar-refractivity contribution < 1.29 is 42.7 Å². The summed E-state index contributed by atoms with van der Waals surface area (Å²) in [6.07, 6.45) is 15.8. The highest BCUT2D eigenvalue weighted by Gasteiger charge is 2.15. The van der Waals surface area contributed by atoms with Crippen LogP contribution < -0.4 is 49.5 Å². The summed E-state index contributed by atoms with van der Waals surface area (Å²) in [4.78, 5) is 28.9. The van der Waals surface area contributed by atoms with Crippen LogP contribution in [0, 0.1) is 0 Å². The lowest BCUT2D eigenvalue weighted by atomic mass is 10.1. The smallest absolute Gasteiger partial charge is 0.203 e. The second kappa shape index (κ2) is 22.9. The molecule has 0 radical (unpaired) electrons. The van der Waals surface area contributed by atoms with E-state index in [4.69, 9.17) is 38.9 Å². The Morgan fingerprint density at radius 2 is 1.01 bits per heavy atom. The van der Waals surface area contributed by atoms with Crippen molar-refractivity contribution in [1.29, 1.82) is 0 Å². The van der Waals surface area contributed by atoms with E-state index in [2.05, 4.69) is 15.6 Å². The van der Waals surface area contributed by atoms with E-state index in [1.54, 1.807) is 72.3 Å². The largest absolute Gasteiger partial charge is 0.493 e. The summed E-state index contributed by atoms with van der Waals surface area (Å²) >= 11 is 0. The summed E-state index contributed by atoms with van der Waals surface area (Å²) in [5, 5.41) is 7.19. The van der Waals surface area contributed by atoms with E-state index in [1.807, 2.05) is 121 Å². The number of aromatic nitrogens is 1. The monoisotopic (exact) mass is 912 g/mol. The van der Waals surface area contributed by atoms with Crippen molar-refractivity contribution in [2.75, 3.05) is 65.1 Å². The lowest BCUT2D eigenvalue weighted by molar-refractivity contribution is 0.103. The van der Waals surface area contributed by atoms with Crippen molar-refractivity contribution in [3.05, 3.63) is 179 Å². The standard InChI is InChI=1S/C55H52N4O9/c1-62-50-30-38(31-51(63-2)54(50)65-4)12-10-36-14-19-41(20-15-36)57-26-24-47(60)40-18-23-49(45(56)34-40)67-28-29-68-53-33-39(32-52(64-3)55(53)66-5)13-11-37-16-21-42(22-17-37)58-27-25-48(61)44-35-59-46-9-7-6-8-43(44)46/h6-27,30-35,57-59H,28-29,56H2,1-5H3/b12-10-,13-11-,26-24-,27-25-. The third-order valence-electron chi connectivity index (χ3n) is 10.6. The number of anilines is 3. The number of H-pyrrole nitrogens is 1. The van der Waals surface area contributed by atoms with E-state index in [-0.39, 0.29) is 24.8 Å². The molecule has 7 aromatic rings. The highest BCUT2D eigenvalue weighted by atomic mass is 16.6. The molecule has 0 atom stereocenters. The van der Waals surface area contributed by atoms with Crippen LogP contribution in [0.25, 0.3) is 35.2 Å². The molecule has 0 aliphatic rings. The van der Waals surface area contributed by atoms with E-state index in [1.165, 1.54) is 12.2 Å². The molecule has 6 aromatic carbocycles. The predicted molar refractivity (Wildman–Crippen MR) is 271 cm³/mol. The van der Waals surface area contributed by atoms with Crippen molar-refractivity contribution in [2.24, 2.45) is 0 Å². The number of carbonyl (C=O) groups excluding carboxylic acids is 2. The number of ether oxygens (including phenoxy) is 7. The van der Waals surface area contributed by atoms with Crippen LogP contribution in [0.3, 0.4) is 0 Å². The van der Waals surface area contributed by atoms with Crippen LogP contribution >= 0.6 is 0 Å². The van der Waals surface area contributed by atoms with Crippen molar-refractivity contribution >= 4 is 63.8 Å². The van der Waals surface area contributed by atoms with Crippen LogP contribution in [0.4, 0.5) is 17.1 Å². The first-order chi connectivity index (χ1) is 33.2. The lowest BCUT2D eigenvalue weighted by Crippen LogP contribution is -2.11. The summed E-state index contributed by atoms with van der Waals surface area (Å²) in [6.45, 7) is 0.334. The molecule has 0 fully saturated rings. The Kier molecular flexibility index (Phi) is 15.8. The van der Waals surface area contributed by atoms with Gasteiger partial charge in [-0.1, -0.05) is 66.8 Å². The van der Waals surface area contributed by atoms with Crippen molar-refractivity contribution in [1.82, 2.24) is 4.98 Å². The zero-order valence-corrected chi connectivity index (χ0v) is 38.3. The molecule has 0 unspecified atom stereocenters. The second-order valence-corrected chi connectivity index (χ2v) is 15.0. The van der Waals surface area contributed by atoms with Crippen molar-refractivity contribution in [3.63, 3.8) is 0 Å². The Morgan fingerprint density at radius 3 is 1.54 bits per heavy atom. The minimum Gasteiger partial charge on any atom is -0.493 e. The minimum atomic E-state index is -0.229. The highest BCUT2D eigenvalue weighted by Crippen LogP contribution is 2.40. The van der Waals surface area contributed by atoms with Gasteiger partial charge in [-0.3, -0.25) is 9.59 Å². The summed E-state index contributed by atoms with van der Waals surface area (Å²) in [5.74, 6) is 3.20. The Balaban J connectivity index is 0.879. The fourth-order valence-electron chi connectivity index (χ4n) is 7.14. The second-order valence-electron chi connectivity index (χ2n) is 15.0. The molecule has 68 heavy (non-hydrogen) atoms. The molecule has 1 heterocycles. The molecule has 0 saturated heterocycles. The normalized spacial score (nSPS) is 11.4. The van der Waals surface area contributed by atoms with Gasteiger partial charge in [0.25, 0.3) is 0 Å². The van der Waals surface area contributed by atoms with Gasteiger partial charge in [-0.15, -0.1) is 0 Å². The van der Waals surface area contributed by atoms with E-state index < -0.39 is 0 Å². The molecule has 13 heteroatoms. The first-order valence-corrected chi connectivity index (χ1v) is 21.5. The number of aromatic amines is 1. The quantitative estimate of drug-likeness (QED) is 0.0167. The van der Waals surface area contributed by atoms with E-state index in [0.717, 1.165) is 44.5 Å². The SMILES string of the molecule is COc1cc(/C=C\c2ccc(N/C=C\C(=O)c3ccc(OCCOc4cc(/C=C\c5ccc(N/C=C\C(=O)c6c[nH]c7ccccc67)cc5)cc(OC)c4OC)c(N)c3)cc2)cc(OC)c1OC. The zero-order valence-electron chi connectivity index (χ0n) is 38.3. The molecular weight excluding hydrogens is 861 g/mol. The van der Waals surface area contributed by atoms with Gasteiger partial charge in [0.2, 0.25) is 11.5 Å². The van der Waals surface area contributed by atoms with Crippen LogP contribution in [-0.2, 0) is 0 Å². The summed E-state index contributed by atoms with van der Waals surface area (Å²) in [7, 11) is 7.85.